The highest BCUT2D eigenvalue weighted by molar-refractivity contribution is 7.92. The van der Waals surface area contributed by atoms with Crippen LogP contribution in [0.5, 0.6) is 0 Å². The summed E-state index contributed by atoms with van der Waals surface area (Å²) >= 11 is 0. The normalized spacial score (nSPS) is 33.4. The molecule has 1 aromatic carbocycles. The number of fused-ring (bicyclic) bond motifs is 2. The zero-order valence-electron chi connectivity index (χ0n) is 15.6. The second kappa shape index (κ2) is 6.44. The van der Waals surface area contributed by atoms with Gasteiger partial charge in [-0.25, -0.2) is 13.2 Å². The van der Waals surface area contributed by atoms with E-state index in [1.807, 2.05) is 6.92 Å². The number of nitrogens with zero attached hydrogens (tertiary/aromatic N) is 1. The number of aryl methyl sites for hydroxylation is 1. The molecule has 0 spiro atoms. The van der Waals surface area contributed by atoms with E-state index >= 15 is 0 Å². The van der Waals surface area contributed by atoms with Crippen LogP contribution in [0.15, 0.2) is 29.2 Å². The highest BCUT2D eigenvalue weighted by Gasteiger charge is 2.68. The molecule has 2 heterocycles. The molecule has 1 amide bonds. The van der Waals surface area contributed by atoms with E-state index < -0.39 is 57.2 Å². The van der Waals surface area contributed by atoms with Gasteiger partial charge >= 0.3 is 6.09 Å². The number of hydrogen-bond donors (Lipinski definition) is 3. The number of carbonyl (C=O) groups excluding carboxylic acids is 1. The zero-order chi connectivity index (χ0) is 20.3. The Balaban J connectivity index is 2.01. The second-order valence-electron chi connectivity index (χ2n) is 8.16. The molecule has 3 rings (SSSR count). The van der Waals surface area contributed by atoms with Crippen molar-refractivity contribution in [2.45, 2.75) is 73.8 Å². The van der Waals surface area contributed by atoms with Crippen LogP contribution in [-0.2, 0) is 14.6 Å². The number of aliphatic hydroxyl groups is 3. The summed E-state index contributed by atoms with van der Waals surface area (Å²) < 4.78 is 31.5. The Morgan fingerprint density at radius 1 is 1.00 bits per heavy atom. The molecule has 0 saturated carbocycles. The van der Waals surface area contributed by atoms with Crippen LogP contribution in [0.25, 0.3) is 0 Å². The third-order valence-electron chi connectivity index (χ3n) is 5.03. The van der Waals surface area contributed by atoms with Crippen LogP contribution >= 0.6 is 0 Å². The van der Waals surface area contributed by atoms with Crippen molar-refractivity contribution in [3.8, 4) is 0 Å². The maximum absolute atomic E-state index is 13.1. The lowest BCUT2D eigenvalue weighted by atomic mass is 9.92. The van der Waals surface area contributed by atoms with Gasteiger partial charge in [0, 0.05) is 0 Å². The number of aliphatic hydroxyl groups excluding tert-OH is 3. The molecular formula is C18H25NO7S. The SMILES string of the molecule is Cc1ccc(S(=O)(=O)[C@H]2[C@@H](O)[C@H]3[C@H](O)[C@H](O)[C@@H]2N3C(=O)OC(C)(C)C)cc1. The Morgan fingerprint density at radius 2 is 1.52 bits per heavy atom. The smallest absolute Gasteiger partial charge is 0.411 e. The number of hydrogen-bond acceptors (Lipinski definition) is 7. The summed E-state index contributed by atoms with van der Waals surface area (Å²) in [5.41, 5.74) is 0.0129. The molecule has 9 heteroatoms. The molecule has 6 atom stereocenters. The molecule has 150 valence electrons. The molecule has 0 unspecified atom stereocenters. The maximum Gasteiger partial charge on any atom is 0.411 e. The van der Waals surface area contributed by atoms with Gasteiger partial charge in [-0.1, -0.05) is 17.7 Å². The first-order chi connectivity index (χ1) is 12.4. The molecule has 3 N–H and O–H groups in total. The summed E-state index contributed by atoms with van der Waals surface area (Å²) in [4.78, 5) is 13.5. The minimum Gasteiger partial charge on any atom is -0.444 e. The Hall–Kier alpha value is -1.68. The summed E-state index contributed by atoms with van der Waals surface area (Å²) in [6.07, 6.45) is -5.39. The number of benzene rings is 1. The van der Waals surface area contributed by atoms with Gasteiger partial charge in [-0.15, -0.1) is 0 Å². The molecule has 0 radical (unpaired) electrons. The lowest BCUT2D eigenvalue weighted by Crippen LogP contribution is -2.55. The van der Waals surface area contributed by atoms with Crippen molar-refractivity contribution in [3.63, 3.8) is 0 Å². The first-order valence-corrected chi connectivity index (χ1v) is 10.3. The summed E-state index contributed by atoms with van der Waals surface area (Å²) in [5.74, 6) is 0. The average Bonchev–Trinajstić information content (AvgIpc) is 2.97. The fourth-order valence-corrected chi connectivity index (χ4v) is 5.87. The van der Waals surface area contributed by atoms with Crippen LogP contribution in [0.1, 0.15) is 26.3 Å². The molecule has 2 bridgehead atoms. The first kappa shape index (κ1) is 20.1. The highest BCUT2D eigenvalue weighted by Crippen LogP contribution is 2.44. The number of carbonyl (C=O) groups is 1. The van der Waals surface area contributed by atoms with Crippen LogP contribution < -0.4 is 0 Å². The number of rotatable bonds is 2. The van der Waals surface area contributed by atoms with Crippen molar-refractivity contribution in [3.05, 3.63) is 29.8 Å². The van der Waals surface area contributed by atoms with Crippen LogP contribution in [0, 0.1) is 6.92 Å². The minimum atomic E-state index is -4.07. The van der Waals surface area contributed by atoms with Gasteiger partial charge in [-0.3, -0.25) is 4.90 Å². The summed E-state index contributed by atoms with van der Waals surface area (Å²) in [5, 5.41) is 29.8. The zero-order valence-corrected chi connectivity index (χ0v) is 16.4. The van der Waals surface area contributed by atoms with Gasteiger partial charge < -0.3 is 20.1 Å². The predicted octanol–water partition coefficient (Wildman–Crippen LogP) is 0.222. The molecule has 1 aromatic rings. The predicted molar refractivity (Wildman–Crippen MR) is 95.8 cm³/mol. The second-order valence-corrected chi connectivity index (χ2v) is 10.3. The van der Waals surface area contributed by atoms with Crippen LogP contribution in [0.4, 0.5) is 4.79 Å². The van der Waals surface area contributed by atoms with Gasteiger partial charge in [0.2, 0.25) is 0 Å². The lowest BCUT2D eigenvalue weighted by Gasteiger charge is -2.31. The molecule has 27 heavy (non-hydrogen) atoms. The Bertz CT molecular complexity index is 830. The fraction of sp³-hybridized carbons (Fsp3) is 0.611. The van der Waals surface area contributed by atoms with Crippen molar-refractivity contribution in [1.29, 1.82) is 0 Å². The highest BCUT2D eigenvalue weighted by atomic mass is 32.2. The van der Waals surface area contributed by atoms with Crippen molar-refractivity contribution >= 4 is 15.9 Å². The summed E-state index contributed by atoms with van der Waals surface area (Å²) in [6, 6.07) is 3.53. The summed E-state index contributed by atoms with van der Waals surface area (Å²) in [7, 11) is -4.07. The molecule has 2 aliphatic rings. The van der Waals surface area contributed by atoms with Crippen molar-refractivity contribution < 1.29 is 33.3 Å². The van der Waals surface area contributed by atoms with E-state index in [0.29, 0.717) is 0 Å². The fourth-order valence-electron chi connectivity index (χ4n) is 3.86. The van der Waals surface area contributed by atoms with Gasteiger partial charge in [-0.2, -0.15) is 0 Å². The monoisotopic (exact) mass is 399 g/mol. The number of amides is 1. The van der Waals surface area contributed by atoms with E-state index in [2.05, 4.69) is 0 Å². The van der Waals surface area contributed by atoms with Crippen LogP contribution in [-0.4, -0.2) is 76.0 Å². The number of sulfone groups is 1. The molecule has 2 saturated heterocycles. The van der Waals surface area contributed by atoms with Crippen LogP contribution in [0.3, 0.4) is 0 Å². The van der Waals surface area contributed by atoms with E-state index in [4.69, 9.17) is 4.74 Å². The van der Waals surface area contributed by atoms with Gasteiger partial charge in [0.25, 0.3) is 0 Å². The van der Waals surface area contributed by atoms with Crippen molar-refractivity contribution in [2.75, 3.05) is 0 Å². The van der Waals surface area contributed by atoms with Gasteiger partial charge in [0.1, 0.15) is 23.1 Å². The van der Waals surface area contributed by atoms with E-state index in [1.165, 1.54) is 12.1 Å². The largest absolute Gasteiger partial charge is 0.444 e. The van der Waals surface area contributed by atoms with Crippen molar-refractivity contribution in [2.24, 2.45) is 0 Å². The molecule has 0 aliphatic carbocycles. The quantitative estimate of drug-likeness (QED) is 0.650. The molecule has 2 fully saturated rings. The Morgan fingerprint density at radius 3 is 2.04 bits per heavy atom. The van der Waals surface area contributed by atoms with Crippen LogP contribution in [0.2, 0.25) is 0 Å². The van der Waals surface area contributed by atoms with E-state index in [-0.39, 0.29) is 4.90 Å². The molecular weight excluding hydrogens is 374 g/mol. The van der Waals surface area contributed by atoms with Gasteiger partial charge in [0.05, 0.1) is 23.1 Å². The minimum absolute atomic E-state index is 0.0180. The topological polar surface area (TPSA) is 124 Å². The molecule has 0 aromatic heterocycles. The maximum atomic E-state index is 13.1. The van der Waals surface area contributed by atoms with Crippen molar-refractivity contribution in [1.82, 2.24) is 4.90 Å². The Kier molecular flexibility index (Phi) is 4.79. The van der Waals surface area contributed by atoms with E-state index in [0.717, 1.165) is 10.5 Å². The standard InChI is InChI=1S/C18H25NO7S/c1-9-5-7-10(8-6-9)27(24,25)16-12-14(21)13(20)11(15(16)22)19(12)17(23)26-18(2,3)4/h5-8,11-16,20-22H,1-4H3/t11-,12+,13+,14-,15+,16-/m1/s1. The van der Waals surface area contributed by atoms with E-state index in [1.54, 1.807) is 32.9 Å². The van der Waals surface area contributed by atoms with Gasteiger partial charge in [0.15, 0.2) is 9.84 Å². The lowest BCUT2D eigenvalue weighted by molar-refractivity contribution is -0.0273. The third-order valence-corrected chi connectivity index (χ3v) is 7.23. The third kappa shape index (κ3) is 3.22. The summed E-state index contributed by atoms with van der Waals surface area (Å²) in [6.45, 7) is 6.75. The van der Waals surface area contributed by atoms with E-state index in [9.17, 15) is 28.5 Å². The number of ether oxygens (including phenoxy) is 1. The Labute approximate surface area is 158 Å². The van der Waals surface area contributed by atoms with Gasteiger partial charge in [-0.05, 0) is 39.8 Å². The first-order valence-electron chi connectivity index (χ1n) is 8.72. The average molecular weight is 399 g/mol. The molecule has 2 aliphatic heterocycles. The molecule has 8 nitrogen and oxygen atoms in total.